The van der Waals surface area contributed by atoms with Gasteiger partial charge in [-0.1, -0.05) is 6.07 Å². The first-order chi connectivity index (χ1) is 15.0. The zero-order chi connectivity index (χ0) is 21.7. The molecule has 2 saturated heterocycles. The summed E-state index contributed by atoms with van der Waals surface area (Å²) in [5, 5.41) is 31.9. The van der Waals surface area contributed by atoms with Crippen molar-refractivity contribution >= 4 is 30.3 Å². The number of aliphatic hydroxyl groups is 2. The van der Waals surface area contributed by atoms with Crippen LogP contribution >= 0.6 is 11.3 Å². The summed E-state index contributed by atoms with van der Waals surface area (Å²) in [4.78, 5) is 28.8. The number of nitrogens with zero attached hydrogens (tertiary/aromatic N) is 1. The second kappa shape index (κ2) is 8.03. The zero-order valence-electron chi connectivity index (χ0n) is 16.6. The van der Waals surface area contributed by atoms with E-state index in [2.05, 4.69) is 0 Å². The number of fused-ring (bicyclic) bond motifs is 3. The van der Waals surface area contributed by atoms with Crippen molar-refractivity contribution in [2.75, 3.05) is 6.61 Å². The molecule has 0 unspecified atom stereocenters. The molecular formula is C21H22BNO7S. The maximum atomic E-state index is 13.4. The monoisotopic (exact) mass is 443 g/mol. The zero-order valence-corrected chi connectivity index (χ0v) is 17.5. The molecular weight excluding hydrogens is 421 g/mol. The molecule has 8 nitrogen and oxygen atoms in total. The molecule has 4 atom stereocenters. The van der Waals surface area contributed by atoms with Crippen molar-refractivity contribution < 1.29 is 33.9 Å². The number of allylic oxidation sites excluding steroid dienone is 1. The molecule has 1 aliphatic carbocycles. The molecule has 2 aromatic rings. The number of hydrogen-bond acceptors (Lipinski definition) is 8. The minimum Gasteiger partial charge on any atom is -0.461 e. The number of rotatable bonds is 5. The number of aliphatic hydroxyl groups excluding tert-OH is 2. The highest BCUT2D eigenvalue weighted by atomic mass is 32.1. The van der Waals surface area contributed by atoms with Crippen LogP contribution in [0.4, 0.5) is 0 Å². The smallest absolute Gasteiger partial charge is 0.461 e. The lowest BCUT2D eigenvalue weighted by molar-refractivity contribution is -0.140. The third-order valence-corrected chi connectivity index (χ3v) is 7.40. The maximum Gasteiger partial charge on any atom is 0.487 e. The largest absolute Gasteiger partial charge is 0.487 e. The van der Waals surface area contributed by atoms with Gasteiger partial charge < -0.3 is 24.3 Å². The van der Waals surface area contributed by atoms with Gasteiger partial charge in [-0.15, -0.1) is 11.3 Å². The molecule has 10 heteroatoms. The summed E-state index contributed by atoms with van der Waals surface area (Å²) in [5.74, 6) is -1.26. The number of likely N-dealkylation sites (tertiary alicyclic amines) is 1. The predicted octanol–water partition coefficient (Wildman–Crippen LogP) is 1.42. The summed E-state index contributed by atoms with van der Waals surface area (Å²) in [6, 6.07) is 7.08. The van der Waals surface area contributed by atoms with Crippen molar-refractivity contribution in [3.05, 3.63) is 57.1 Å². The second-order valence-corrected chi connectivity index (χ2v) is 9.21. The van der Waals surface area contributed by atoms with E-state index in [0.29, 0.717) is 29.0 Å². The Balaban J connectivity index is 1.48. The van der Waals surface area contributed by atoms with E-state index in [9.17, 15) is 24.8 Å². The summed E-state index contributed by atoms with van der Waals surface area (Å²) >= 11 is 1.49. The fraction of sp³-hybridized carbons (Fsp3) is 0.429. The van der Waals surface area contributed by atoms with Crippen LogP contribution in [0.2, 0.25) is 0 Å². The molecule has 5 rings (SSSR count). The van der Waals surface area contributed by atoms with Gasteiger partial charge in [-0.05, 0) is 53.4 Å². The molecule has 162 valence electrons. The molecule has 0 spiro atoms. The summed E-state index contributed by atoms with van der Waals surface area (Å²) < 4.78 is 11.3. The number of furan rings is 1. The van der Waals surface area contributed by atoms with Crippen LogP contribution in [0.5, 0.6) is 0 Å². The van der Waals surface area contributed by atoms with Gasteiger partial charge in [-0.2, -0.15) is 0 Å². The van der Waals surface area contributed by atoms with E-state index in [1.807, 2.05) is 17.5 Å². The average Bonchev–Trinajstić information content (AvgIpc) is 3.50. The van der Waals surface area contributed by atoms with Crippen LogP contribution in [-0.2, 0) is 27.4 Å². The molecule has 2 aromatic heterocycles. The summed E-state index contributed by atoms with van der Waals surface area (Å²) in [5.41, 5.74) is 1.07. The van der Waals surface area contributed by atoms with Gasteiger partial charge in [0.1, 0.15) is 24.2 Å². The number of carbonyl (C=O) groups excluding carboxylic acids is 2. The molecule has 0 aromatic carbocycles. The van der Waals surface area contributed by atoms with Gasteiger partial charge in [0.05, 0.1) is 25.0 Å². The van der Waals surface area contributed by atoms with Gasteiger partial charge in [-0.3, -0.25) is 14.5 Å². The fourth-order valence-corrected chi connectivity index (χ4v) is 5.87. The Labute approximate surface area is 182 Å². The van der Waals surface area contributed by atoms with Gasteiger partial charge in [0, 0.05) is 4.88 Å². The lowest BCUT2D eigenvalue weighted by Gasteiger charge is -2.41. The minimum atomic E-state index is -1.30. The highest BCUT2D eigenvalue weighted by Crippen LogP contribution is 2.51. The van der Waals surface area contributed by atoms with Crippen LogP contribution in [0, 0.1) is 17.8 Å². The first kappa shape index (κ1) is 20.7. The van der Waals surface area contributed by atoms with E-state index < -0.39 is 31.0 Å². The molecule has 2 amide bonds. The van der Waals surface area contributed by atoms with Gasteiger partial charge in [0.2, 0.25) is 11.8 Å². The van der Waals surface area contributed by atoms with Crippen molar-refractivity contribution in [1.29, 1.82) is 0 Å². The average molecular weight is 443 g/mol. The Morgan fingerprint density at radius 1 is 1.13 bits per heavy atom. The van der Waals surface area contributed by atoms with Gasteiger partial charge in [-0.25, -0.2) is 0 Å². The Kier molecular flexibility index (Phi) is 5.35. The van der Waals surface area contributed by atoms with Crippen LogP contribution in [0.1, 0.15) is 35.3 Å². The van der Waals surface area contributed by atoms with Crippen molar-refractivity contribution in [2.45, 2.75) is 32.1 Å². The Hall–Kier alpha value is -2.24. The van der Waals surface area contributed by atoms with E-state index in [0.717, 1.165) is 4.88 Å². The SMILES string of the molecule is O=C1[C@H]2[C@H](CC(CO)=C3B(O)O[C@H](c4ccc(CO)o4)C[C@H]32)C(=O)N1Cc1cccs1. The minimum absolute atomic E-state index is 0.230. The predicted molar refractivity (Wildman–Crippen MR) is 110 cm³/mol. The highest BCUT2D eigenvalue weighted by molar-refractivity contribution is 7.09. The molecule has 0 radical (unpaired) electrons. The van der Waals surface area contributed by atoms with E-state index in [1.54, 1.807) is 12.1 Å². The van der Waals surface area contributed by atoms with Crippen LogP contribution in [-0.4, -0.2) is 45.7 Å². The normalized spacial score (nSPS) is 28.4. The lowest BCUT2D eigenvalue weighted by Crippen LogP contribution is -2.45. The Morgan fingerprint density at radius 2 is 1.97 bits per heavy atom. The molecule has 0 bridgehead atoms. The molecule has 4 heterocycles. The number of carbonyl (C=O) groups is 2. The second-order valence-electron chi connectivity index (χ2n) is 8.18. The molecule has 2 fully saturated rings. The van der Waals surface area contributed by atoms with Crippen molar-refractivity contribution in [3.8, 4) is 0 Å². The van der Waals surface area contributed by atoms with Crippen molar-refractivity contribution in [2.24, 2.45) is 17.8 Å². The number of amides is 2. The highest BCUT2D eigenvalue weighted by Gasteiger charge is 2.57. The summed E-state index contributed by atoms with van der Waals surface area (Å²) in [6.07, 6.45) is -0.0580. The van der Waals surface area contributed by atoms with Crippen LogP contribution in [0.3, 0.4) is 0 Å². The standard InChI is InChI=1S/C21H22BNO7S/c24-9-11-6-15-18(21(27)23(20(15)26)8-13-2-1-5-31-13)14-7-17(30-22(28)19(11)14)16-4-3-12(10-25)29-16/h1-5,14-15,17-18,24-25,28H,6-10H2/t14-,15-,17-,18+/m0/s1. The van der Waals surface area contributed by atoms with Crippen molar-refractivity contribution in [1.82, 2.24) is 4.90 Å². The molecule has 2 aliphatic heterocycles. The van der Waals surface area contributed by atoms with E-state index in [4.69, 9.17) is 9.07 Å². The topological polar surface area (TPSA) is 120 Å². The summed E-state index contributed by atoms with van der Waals surface area (Å²) in [7, 11) is -1.30. The summed E-state index contributed by atoms with van der Waals surface area (Å²) in [6.45, 7) is -0.324. The number of hydrogen-bond donors (Lipinski definition) is 3. The number of imide groups is 1. The van der Waals surface area contributed by atoms with Crippen LogP contribution in [0.25, 0.3) is 0 Å². The third kappa shape index (κ3) is 3.39. The number of thiophene rings is 1. The quantitative estimate of drug-likeness (QED) is 0.472. The van der Waals surface area contributed by atoms with E-state index in [1.165, 1.54) is 16.2 Å². The Morgan fingerprint density at radius 3 is 2.65 bits per heavy atom. The van der Waals surface area contributed by atoms with Crippen LogP contribution in [0.15, 0.2) is 45.1 Å². The third-order valence-electron chi connectivity index (χ3n) is 6.54. The Bertz CT molecular complexity index is 1030. The van der Waals surface area contributed by atoms with Crippen molar-refractivity contribution in [3.63, 3.8) is 0 Å². The maximum absolute atomic E-state index is 13.4. The molecule has 3 N–H and O–H groups in total. The lowest BCUT2D eigenvalue weighted by atomic mass is 9.55. The molecule has 31 heavy (non-hydrogen) atoms. The van der Waals surface area contributed by atoms with Gasteiger partial charge >= 0.3 is 7.12 Å². The molecule has 3 aliphatic rings. The van der Waals surface area contributed by atoms with Gasteiger partial charge in [0.15, 0.2) is 0 Å². The van der Waals surface area contributed by atoms with Crippen LogP contribution < -0.4 is 0 Å². The first-order valence-corrected chi connectivity index (χ1v) is 11.1. The van der Waals surface area contributed by atoms with Gasteiger partial charge in [0.25, 0.3) is 0 Å². The fourth-order valence-electron chi connectivity index (χ4n) is 5.17. The first-order valence-electron chi connectivity index (χ1n) is 10.2. The van der Waals surface area contributed by atoms with E-state index >= 15 is 0 Å². The van der Waals surface area contributed by atoms with E-state index in [-0.39, 0.29) is 38.0 Å². The molecule has 0 saturated carbocycles.